The fourth-order valence-electron chi connectivity index (χ4n) is 2.20. The van der Waals surface area contributed by atoms with Crippen LogP contribution in [-0.2, 0) is 11.2 Å². The molecule has 2 aromatic rings. The SMILES string of the molecule is CCCc1ccc(-c2ccccc2OC(=O)CCS)cc1. The molecule has 3 heteroatoms. The van der Waals surface area contributed by atoms with Crippen molar-refractivity contribution >= 4 is 18.6 Å². The van der Waals surface area contributed by atoms with Crippen molar-refractivity contribution in [2.24, 2.45) is 0 Å². The largest absolute Gasteiger partial charge is 0.426 e. The Morgan fingerprint density at radius 2 is 1.81 bits per heavy atom. The van der Waals surface area contributed by atoms with Crippen molar-refractivity contribution in [2.75, 3.05) is 5.75 Å². The standard InChI is InChI=1S/C18H20O2S/c1-2-5-14-8-10-15(11-9-14)16-6-3-4-7-17(16)20-18(19)12-13-21/h3-4,6-11,21H,2,5,12-13H2,1H3. The van der Waals surface area contributed by atoms with Crippen LogP contribution >= 0.6 is 12.6 Å². The summed E-state index contributed by atoms with van der Waals surface area (Å²) in [6, 6.07) is 16.0. The highest BCUT2D eigenvalue weighted by Crippen LogP contribution is 2.30. The molecule has 0 unspecified atom stereocenters. The maximum atomic E-state index is 11.7. The molecular weight excluding hydrogens is 280 g/mol. The van der Waals surface area contributed by atoms with Crippen molar-refractivity contribution in [1.82, 2.24) is 0 Å². The lowest BCUT2D eigenvalue weighted by molar-refractivity contribution is -0.133. The predicted octanol–water partition coefficient (Wildman–Crippen LogP) is 4.53. The Hall–Kier alpha value is -1.74. The number of hydrogen-bond donors (Lipinski definition) is 1. The zero-order chi connectivity index (χ0) is 15.1. The highest BCUT2D eigenvalue weighted by atomic mass is 32.1. The lowest BCUT2D eigenvalue weighted by Gasteiger charge is -2.10. The second kappa shape index (κ2) is 7.89. The fraction of sp³-hybridized carbons (Fsp3) is 0.278. The first-order chi connectivity index (χ1) is 10.2. The molecule has 0 aliphatic heterocycles. The Balaban J connectivity index is 2.24. The molecule has 0 bridgehead atoms. The molecule has 0 saturated heterocycles. The molecule has 0 heterocycles. The van der Waals surface area contributed by atoms with Gasteiger partial charge >= 0.3 is 5.97 Å². The van der Waals surface area contributed by atoms with Crippen molar-refractivity contribution in [2.45, 2.75) is 26.2 Å². The minimum absolute atomic E-state index is 0.250. The molecule has 0 N–H and O–H groups in total. The number of aryl methyl sites for hydroxylation is 1. The highest BCUT2D eigenvalue weighted by Gasteiger charge is 2.09. The third-order valence-electron chi connectivity index (χ3n) is 3.23. The Morgan fingerprint density at radius 3 is 2.48 bits per heavy atom. The number of benzene rings is 2. The van der Waals surface area contributed by atoms with Crippen molar-refractivity contribution < 1.29 is 9.53 Å². The molecule has 2 rings (SSSR count). The first-order valence-electron chi connectivity index (χ1n) is 7.24. The summed E-state index contributed by atoms with van der Waals surface area (Å²) in [7, 11) is 0. The summed E-state index contributed by atoms with van der Waals surface area (Å²) in [4.78, 5) is 11.7. The number of hydrogen-bond acceptors (Lipinski definition) is 3. The van der Waals surface area contributed by atoms with Gasteiger partial charge in [0.1, 0.15) is 5.75 Å². The van der Waals surface area contributed by atoms with Crippen LogP contribution in [0.4, 0.5) is 0 Å². The molecular formula is C18H20O2S. The van der Waals surface area contributed by atoms with Crippen LogP contribution in [0, 0.1) is 0 Å². The molecule has 0 fully saturated rings. The highest BCUT2D eigenvalue weighted by molar-refractivity contribution is 7.80. The monoisotopic (exact) mass is 300 g/mol. The van der Waals surface area contributed by atoms with Gasteiger partial charge in [0.15, 0.2) is 0 Å². The van der Waals surface area contributed by atoms with Gasteiger partial charge in [0.25, 0.3) is 0 Å². The molecule has 0 amide bonds. The molecule has 110 valence electrons. The van der Waals surface area contributed by atoms with Crippen molar-refractivity contribution in [3.63, 3.8) is 0 Å². The summed E-state index contributed by atoms with van der Waals surface area (Å²) in [6.45, 7) is 2.17. The number of carbonyl (C=O) groups is 1. The molecule has 2 nitrogen and oxygen atoms in total. The van der Waals surface area contributed by atoms with E-state index in [1.54, 1.807) is 0 Å². The van der Waals surface area contributed by atoms with Crippen LogP contribution in [0.5, 0.6) is 5.75 Å². The van der Waals surface area contributed by atoms with Gasteiger partial charge < -0.3 is 4.74 Å². The molecule has 0 aromatic heterocycles. The van der Waals surface area contributed by atoms with Gasteiger partial charge in [-0.2, -0.15) is 12.6 Å². The maximum Gasteiger partial charge on any atom is 0.312 e. The summed E-state index contributed by atoms with van der Waals surface area (Å²) in [6.07, 6.45) is 2.53. The first kappa shape index (κ1) is 15.6. The topological polar surface area (TPSA) is 26.3 Å². The van der Waals surface area contributed by atoms with Gasteiger partial charge in [-0.05, 0) is 23.6 Å². The molecule has 0 radical (unpaired) electrons. The predicted molar refractivity (Wildman–Crippen MR) is 90.0 cm³/mol. The quantitative estimate of drug-likeness (QED) is 0.482. The molecule has 0 saturated carbocycles. The maximum absolute atomic E-state index is 11.7. The lowest BCUT2D eigenvalue weighted by Crippen LogP contribution is -2.08. The molecule has 0 aliphatic carbocycles. The van der Waals surface area contributed by atoms with Gasteiger partial charge in [-0.25, -0.2) is 0 Å². The number of carbonyl (C=O) groups excluding carboxylic acids is 1. The molecule has 2 aromatic carbocycles. The fourth-order valence-corrected chi connectivity index (χ4v) is 2.38. The van der Waals surface area contributed by atoms with E-state index in [4.69, 9.17) is 4.74 Å². The third kappa shape index (κ3) is 4.36. The minimum Gasteiger partial charge on any atom is -0.426 e. The summed E-state index contributed by atoms with van der Waals surface area (Å²) in [5.41, 5.74) is 3.32. The van der Waals surface area contributed by atoms with Crippen LogP contribution in [0.2, 0.25) is 0 Å². The minimum atomic E-state index is -0.250. The Morgan fingerprint density at radius 1 is 1.10 bits per heavy atom. The van der Waals surface area contributed by atoms with E-state index < -0.39 is 0 Å². The summed E-state index contributed by atoms with van der Waals surface area (Å²) in [5, 5.41) is 0. The smallest absolute Gasteiger partial charge is 0.312 e. The number of para-hydroxylation sites is 1. The van der Waals surface area contributed by atoms with Gasteiger partial charge in [-0.15, -0.1) is 0 Å². The molecule has 21 heavy (non-hydrogen) atoms. The van der Waals surface area contributed by atoms with Crippen LogP contribution in [0.1, 0.15) is 25.3 Å². The van der Waals surface area contributed by atoms with Crippen LogP contribution in [0.15, 0.2) is 48.5 Å². The van der Waals surface area contributed by atoms with E-state index in [-0.39, 0.29) is 5.97 Å². The average molecular weight is 300 g/mol. The summed E-state index contributed by atoms with van der Waals surface area (Å²) < 4.78 is 5.43. The second-order valence-corrected chi connectivity index (χ2v) is 5.34. The third-order valence-corrected chi connectivity index (χ3v) is 3.45. The van der Waals surface area contributed by atoms with Gasteiger partial charge in [-0.1, -0.05) is 55.8 Å². The first-order valence-corrected chi connectivity index (χ1v) is 7.87. The Labute approximate surface area is 131 Å². The summed E-state index contributed by atoms with van der Waals surface area (Å²) >= 11 is 4.05. The van der Waals surface area contributed by atoms with Gasteiger partial charge in [0.2, 0.25) is 0 Å². The van der Waals surface area contributed by atoms with E-state index in [0.717, 1.165) is 24.0 Å². The molecule has 0 aliphatic rings. The van der Waals surface area contributed by atoms with E-state index in [1.165, 1.54) is 5.56 Å². The number of rotatable bonds is 6. The van der Waals surface area contributed by atoms with E-state index in [2.05, 4.69) is 43.8 Å². The van der Waals surface area contributed by atoms with E-state index >= 15 is 0 Å². The van der Waals surface area contributed by atoms with Crippen LogP contribution in [0.3, 0.4) is 0 Å². The van der Waals surface area contributed by atoms with E-state index in [1.807, 2.05) is 24.3 Å². The van der Waals surface area contributed by atoms with E-state index in [0.29, 0.717) is 17.9 Å². The van der Waals surface area contributed by atoms with Crippen molar-refractivity contribution in [3.8, 4) is 16.9 Å². The van der Waals surface area contributed by atoms with Gasteiger partial charge in [0.05, 0.1) is 6.42 Å². The number of thiol groups is 1. The van der Waals surface area contributed by atoms with Crippen LogP contribution in [0.25, 0.3) is 11.1 Å². The van der Waals surface area contributed by atoms with Crippen molar-refractivity contribution in [1.29, 1.82) is 0 Å². The van der Waals surface area contributed by atoms with Gasteiger partial charge in [0, 0.05) is 11.3 Å². The lowest BCUT2D eigenvalue weighted by atomic mass is 10.0. The molecule has 0 atom stereocenters. The second-order valence-electron chi connectivity index (χ2n) is 4.89. The van der Waals surface area contributed by atoms with Gasteiger partial charge in [-0.3, -0.25) is 4.79 Å². The zero-order valence-electron chi connectivity index (χ0n) is 12.2. The van der Waals surface area contributed by atoms with E-state index in [9.17, 15) is 4.79 Å². The molecule has 0 spiro atoms. The Bertz CT molecular complexity index is 590. The Kier molecular flexibility index (Phi) is 5.88. The van der Waals surface area contributed by atoms with Crippen molar-refractivity contribution in [3.05, 3.63) is 54.1 Å². The normalized spacial score (nSPS) is 10.4. The number of ether oxygens (including phenoxy) is 1. The average Bonchev–Trinajstić information content (AvgIpc) is 2.49. The van der Waals surface area contributed by atoms with Crippen LogP contribution < -0.4 is 4.74 Å². The zero-order valence-corrected chi connectivity index (χ0v) is 13.1. The number of esters is 1. The summed E-state index contributed by atoms with van der Waals surface area (Å²) in [5.74, 6) is 0.847. The van der Waals surface area contributed by atoms with Crippen LogP contribution in [-0.4, -0.2) is 11.7 Å².